The van der Waals surface area contributed by atoms with Gasteiger partial charge in [-0.3, -0.25) is 0 Å². The van der Waals surface area contributed by atoms with Crippen LogP contribution in [0, 0.1) is 0 Å². The number of rotatable bonds is 2. The summed E-state index contributed by atoms with van der Waals surface area (Å²) in [5.74, 6) is 0. The fraction of sp³-hybridized carbons (Fsp3) is 0.625. The highest BCUT2D eigenvalue weighted by atomic mass is 28.3. The average Bonchev–Trinajstić information content (AvgIpc) is 2.82. The van der Waals surface area contributed by atoms with Gasteiger partial charge in [0.25, 0.3) is 0 Å². The summed E-state index contributed by atoms with van der Waals surface area (Å²) in [5, 5.41) is 3.25. The van der Waals surface area contributed by atoms with Crippen molar-refractivity contribution in [1.29, 1.82) is 0 Å². The molecule has 0 N–H and O–H groups in total. The van der Waals surface area contributed by atoms with Crippen LogP contribution in [0.15, 0.2) is 12.1 Å². The van der Waals surface area contributed by atoms with E-state index in [2.05, 4.69) is 58.3 Å². The lowest BCUT2D eigenvalue weighted by Crippen LogP contribution is -2.56. The molecule has 2 aliphatic heterocycles. The van der Waals surface area contributed by atoms with Crippen molar-refractivity contribution in [2.75, 3.05) is 0 Å². The van der Waals surface area contributed by atoms with Crippen molar-refractivity contribution in [2.45, 2.75) is 64.7 Å². The summed E-state index contributed by atoms with van der Waals surface area (Å²) in [6.45, 7) is 16.8. The molecule has 0 aromatic heterocycles. The zero-order valence-corrected chi connectivity index (χ0v) is 15.7. The predicted molar refractivity (Wildman–Crippen MR) is 89.5 cm³/mol. The van der Waals surface area contributed by atoms with Gasteiger partial charge in [0.15, 0.2) is 6.29 Å². The Bertz CT molecular complexity index is 555. The van der Waals surface area contributed by atoms with E-state index in [4.69, 9.17) is 9.47 Å². The van der Waals surface area contributed by atoms with Gasteiger partial charge in [-0.25, -0.2) is 0 Å². The van der Waals surface area contributed by atoms with Crippen LogP contribution in [0.25, 0.3) is 0 Å². The number of hydrogen-bond donors (Lipinski definition) is 0. The third kappa shape index (κ3) is 2.13. The van der Waals surface area contributed by atoms with Crippen molar-refractivity contribution in [2.24, 2.45) is 0 Å². The van der Waals surface area contributed by atoms with E-state index in [0.717, 1.165) is 0 Å². The van der Waals surface area contributed by atoms with Crippen LogP contribution in [0.3, 0.4) is 0 Å². The molecule has 2 nitrogen and oxygen atoms in total. The van der Waals surface area contributed by atoms with Crippen molar-refractivity contribution in [3.05, 3.63) is 23.3 Å². The molecule has 0 spiro atoms. The Morgan fingerprint density at radius 2 is 1.30 bits per heavy atom. The molecule has 0 radical (unpaired) electrons. The SMILES string of the molecule is C[C@@H]1O[C@H]2O[C@@H]1c1cc([Si](C)(C)C)c([Si](C)(C)C)cc12. The van der Waals surface area contributed by atoms with Gasteiger partial charge >= 0.3 is 0 Å². The van der Waals surface area contributed by atoms with Gasteiger partial charge in [-0.15, -0.1) is 0 Å². The van der Waals surface area contributed by atoms with Crippen LogP contribution in [-0.2, 0) is 9.47 Å². The lowest BCUT2D eigenvalue weighted by molar-refractivity contribution is -0.0550. The minimum absolute atomic E-state index is 0.115. The lowest BCUT2D eigenvalue weighted by atomic mass is 9.99. The lowest BCUT2D eigenvalue weighted by Gasteiger charge is -2.31. The zero-order chi connectivity index (χ0) is 14.9. The highest BCUT2D eigenvalue weighted by molar-refractivity contribution is 6.98. The summed E-state index contributed by atoms with van der Waals surface area (Å²) >= 11 is 0. The summed E-state index contributed by atoms with van der Waals surface area (Å²) in [6, 6.07) is 4.89. The Hall–Kier alpha value is -0.426. The quantitative estimate of drug-likeness (QED) is 0.781. The first kappa shape index (κ1) is 14.5. The Morgan fingerprint density at radius 1 is 0.800 bits per heavy atom. The molecule has 110 valence electrons. The first-order valence-corrected chi connectivity index (χ1v) is 14.6. The second-order valence-corrected chi connectivity index (χ2v) is 18.3. The summed E-state index contributed by atoms with van der Waals surface area (Å²) in [4.78, 5) is 0. The maximum atomic E-state index is 6.00. The predicted octanol–water partition coefficient (Wildman–Crippen LogP) is 3.27. The van der Waals surface area contributed by atoms with E-state index in [1.807, 2.05) is 0 Å². The van der Waals surface area contributed by atoms with Gasteiger partial charge in [0.05, 0.1) is 22.3 Å². The van der Waals surface area contributed by atoms with Gasteiger partial charge in [-0.05, 0) is 12.5 Å². The van der Waals surface area contributed by atoms with Gasteiger partial charge in [0, 0.05) is 5.56 Å². The topological polar surface area (TPSA) is 18.5 Å². The van der Waals surface area contributed by atoms with Gasteiger partial charge < -0.3 is 9.47 Å². The highest BCUT2D eigenvalue weighted by Gasteiger charge is 2.45. The van der Waals surface area contributed by atoms with Crippen molar-refractivity contribution in [1.82, 2.24) is 0 Å². The summed E-state index contributed by atoms with van der Waals surface area (Å²) in [7, 11) is -2.69. The Balaban J connectivity index is 2.21. The molecule has 2 aliphatic rings. The number of benzene rings is 1. The molecular weight excluding hydrogens is 280 g/mol. The molecule has 3 atom stereocenters. The molecule has 2 heterocycles. The molecular formula is C16H26O2Si2. The molecule has 2 bridgehead atoms. The highest BCUT2D eigenvalue weighted by Crippen LogP contribution is 2.48. The maximum absolute atomic E-state index is 6.00. The van der Waals surface area contributed by atoms with Gasteiger partial charge in [0.2, 0.25) is 0 Å². The van der Waals surface area contributed by atoms with Gasteiger partial charge in [-0.2, -0.15) is 0 Å². The normalized spacial score (nSPS) is 28.9. The van der Waals surface area contributed by atoms with E-state index < -0.39 is 16.1 Å². The molecule has 20 heavy (non-hydrogen) atoms. The van der Waals surface area contributed by atoms with Crippen LogP contribution < -0.4 is 10.4 Å². The first-order chi connectivity index (χ1) is 9.09. The first-order valence-electron chi connectivity index (χ1n) is 7.59. The van der Waals surface area contributed by atoms with E-state index in [9.17, 15) is 0 Å². The molecule has 0 unspecified atom stereocenters. The van der Waals surface area contributed by atoms with Gasteiger partial charge in [-0.1, -0.05) is 61.8 Å². The summed E-state index contributed by atoms with van der Waals surface area (Å²) in [6.07, 6.45) is 0.233. The standard InChI is InChI=1S/C16H26O2Si2/c1-10-15-11-8-13(19(2,3)4)14(20(5,6)7)9-12(11)16(17-10)18-15/h8-10,15-16H,1-7H3/t10-,15-,16-/m0/s1. The van der Waals surface area contributed by atoms with Crippen molar-refractivity contribution < 1.29 is 9.47 Å². The van der Waals surface area contributed by atoms with Gasteiger partial charge in [0.1, 0.15) is 6.10 Å². The molecule has 0 aliphatic carbocycles. The van der Waals surface area contributed by atoms with Crippen molar-refractivity contribution >= 4 is 26.5 Å². The van der Waals surface area contributed by atoms with E-state index in [1.54, 1.807) is 10.4 Å². The smallest absolute Gasteiger partial charge is 0.185 e. The van der Waals surface area contributed by atoms with Crippen molar-refractivity contribution in [3.8, 4) is 0 Å². The van der Waals surface area contributed by atoms with Crippen LogP contribution in [-0.4, -0.2) is 22.3 Å². The minimum atomic E-state index is -1.35. The Labute approximate surface area is 124 Å². The molecule has 1 fully saturated rings. The zero-order valence-electron chi connectivity index (χ0n) is 13.7. The number of fused-ring (bicyclic) bond motifs is 5. The van der Waals surface area contributed by atoms with E-state index in [1.165, 1.54) is 11.1 Å². The third-order valence-corrected chi connectivity index (χ3v) is 8.74. The van der Waals surface area contributed by atoms with E-state index in [-0.39, 0.29) is 18.5 Å². The third-order valence-electron chi connectivity index (χ3n) is 4.43. The molecule has 1 aromatic rings. The fourth-order valence-electron chi connectivity index (χ4n) is 3.34. The van der Waals surface area contributed by atoms with Crippen molar-refractivity contribution in [3.63, 3.8) is 0 Å². The second-order valence-electron chi connectivity index (χ2n) is 8.26. The minimum Gasteiger partial charge on any atom is -0.342 e. The second kappa shape index (κ2) is 4.29. The van der Waals surface area contributed by atoms with Crippen LogP contribution in [0.1, 0.15) is 30.4 Å². The number of hydrogen-bond acceptors (Lipinski definition) is 2. The van der Waals surface area contributed by atoms with Crippen LogP contribution >= 0.6 is 0 Å². The van der Waals surface area contributed by atoms with Crippen LogP contribution in [0.5, 0.6) is 0 Å². The monoisotopic (exact) mass is 306 g/mol. The molecule has 1 saturated heterocycles. The average molecular weight is 307 g/mol. The maximum Gasteiger partial charge on any atom is 0.185 e. The fourth-order valence-corrected chi connectivity index (χ4v) is 8.53. The molecule has 1 aromatic carbocycles. The number of ether oxygens (including phenoxy) is 2. The van der Waals surface area contributed by atoms with Crippen LogP contribution in [0.4, 0.5) is 0 Å². The Kier molecular flexibility index (Phi) is 3.11. The molecule has 0 saturated carbocycles. The molecule has 0 amide bonds. The largest absolute Gasteiger partial charge is 0.342 e. The Morgan fingerprint density at radius 3 is 1.80 bits per heavy atom. The van der Waals surface area contributed by atoms with Crippen LogP contribution in [0.2, 0.25) is 39.3 Å². The molecule has 4 heteroatoms. The molecule has 3 rings (SSSR count). The summed E-state index contributed by atoms with van der Waals surface area (Å²) < 4.78 is 11.9. The van der Waals surface area contributed by atoms with E-state index in [0.29, 0.717) is 0 Å². The summed E-state index contributed by atoms with van der Waals surface area (Å²) in [5.41, 5.74) is 2.70. The van der Waals surface area contributed by atoms with E-state index >= 15 is 0 Å².